The van der Waals surface area contributed by atoms with Crippen molar-refractivity contribution in [1.82, 2.24) is 0 Å². The van der Waals surface area contributed by atoms with Gasteiger partial charge in [-0.05, 0) is 11.1 Å². The highest BCUT2D eigenvalue weighted by atomic mass is 127. The van der Waals surface area contributed by atoms with Gasteiger partial charge in [-0.3, -0.25) is 0 Å². The SMILES string of the molecule is CO[SiH](Cc1ccc(CI)cc1)OC. The van der Waals surface area contributed by atoms with E-state index in [1.54, 1.807) is 14.2 Å². The molecule has 4 heteroatoms. The Bertz CT molecular complexity index is 259. The normalized spacial score (nSPS) is 10.9. The molecule has 0 bridgehead atoms. The van der Waals surface area contributed by atoms with Crippen LogP contribution in [0.3, 0.4) is 0 Å². The molecule has 0 atom stereocenters. The van der Waals surface area contributed by atoms with E-state index in [4.69, 9.17) is 8.85 Å². The van der Waals surface area contributed by atoms with E-state index in [2.05, 4.69) is 46.9 Å². The number of rotatable bonds is 5. The lowest BCUT2D eigenvalue weighted by atomic mass is 10.2. The van der Waals surface area contributed by atoms with Crippen LogP contribution < -0.4 is 0 Å². The summed E-state index contributed by atoms with van der Waals surface area (Å²) in [5.74, 6) is 0. The molecule has 0 spiro atoms. The van der Waals surface area contributed by atoms with Gasteiger partial charge in [0.25, 0.3) is 0 Å². The third-order valence-corrected chi connectivity index (χ3v) is 4.84. The molecule has 0 amide bonds. The van der Waals surface area contributed by atoms with Crippen LogP contribution in [0.15, 0.2) is 24.3 Å². The van der Waals surface area contributed by atoms with Gasteiger partial charge in [0.1, 0.15) is 0 Å². The minimum Gasteiger partial charge on any atom is -0.400 e. The highest BCUT2D eigenvalue weighted by molar-refractivity contribution is 14.1. The lowest BCUT2D eigenvalue weighted by molar-refractivity contribution is 0.277. The maximum absolute atomic E-state index is 5.28. The van der Waals surface area contributed by atoms with Gasteiger partial charge in [0.2, 0.25) is 0 Å². The van der Waals surface area contributed by atoms with Gasteiger partial charge in [-0.2, -0.15) is 0 Å². The molecule has 14 heavy (non-hydrogen) atoms. The molecule has 78 valence electrons. The Balaban J connectivity index is 2.58. The Morgan fingerprint density at radius 3 is 2.00 bits per heavy atom. The molecule has 0 saturated carbocycles. The van der Waals surface area contributed by atoms with Gasteiger partial charge in [-0.25, -0.2) is 0 Å². The minimum atomic E-state index is -1.45. The van der Waals surface area contributed by atoms with E-state index in [0.29, 0.717) is 0 Å². The average Bonchev–Trinajstić information content (AvgIpc) is 2.26. The molecule has 0 aliphatic carbocycles. The summed E-state index contributed by atoms with van der Waals surface area (Å²) in [7, 11) is 2.00. The fraction of sp³-hybridized carbons (Fsp3) is 0.400. The van der Waals surface area contributed by atoms with E-state index in [9.17, 15) is 0 Å². The van der Waals surface area contributed by atoms with E-state index >= 15 is 0 Å². The lowest BCUT2D eigenvalue weighted by Gasteiger charge is -2.10. The van der Waals surface area contributed by atoms with Crippen LogP contribution in [0.5, 0.6) is 0 Å². The summed E-state index contributed by atoms with van der Waals surface area (Å²) in [6, 6.07) is 9.59. The van der Waals surface area contributed by atoms with E-state index < -0.39 is 9.28 Å². The molecule has 0 aliphatic heterocycles. The molecule has 1 aromatic carbocycles. The molecule has 0 fully saturated rings. The largest absolute Gasteiger partial charge is 0.400 e. The Kier molecular flexibility index (Phi) is 5.69. The van der Waals surface area contributed by atoms with Crippen LogP contribution in [0.1, 0.15) is 11.1 Å². The van der Waals surface area contributed by atoms with Crippen LogP contribution in [0.4, 0.5) is 0 Å². The number of hydrogen-bond acceptors (Lipinski definition) is 2. The standard InChI is InChI=1S/C10H15IO2Si/c1-12-14(13-2)8-10-5-3-9(7-11)4-6-10/h3-6,14H,7-8H2,1-2H3. The summed E-state index contributed by atoms with van der Waals surface area (Å²) in [5, 5.41) is 0. The molecule has 0 unspecified atom stereocenters. The van der Waals surface area contributed by atoms with Crippen LogP contribution in [0, 0.1) is 0 Å². The predicted molar refractivity (Wildman–Crippen MR) is 69.0 cm³/mol. The van der Waals surface area contributed by atoms with Gasteiger partial charge in [0, 0.05) is 24.7 Å². The second kappa shape index (κ2) is 6.55. The van der Waals surface area contributed by atoms with Crippen molar-refractivity contribution in [2.75, 3.05) is 14.2 Å². The van der Waals surface area contributed by atoms with E-state index in [-0.39, 0.29) is 0 Å². The van der Waals surface area contributed by atoms with Crippen LogP contribution >= 0.6 is 22.6 Å². The van der Waals surface area contributed by atoms with Crippen molar-refractivity contribution in [3.05, 3.63) is 35.4 Å². The minimum absolute atomic E-state index is 0.939. The topological polar surface area (TPSA) is 18.5 Å². The number of hydrogen-bond donors (Lipinski definition) is 0. The van der Waals surface area contributed by atoms with E-state index in [1.807, 2.05) is 0 Å². The van der Waals surface area contributed by atoms with E-state index in [1.165, 1.54) is 11.1 Å². The molecule has 1 aromatic rings. The highest BCUT2D eigenvalue weighted by Gasteiger charge is 2.09. The Morgan fingerprint density at radius 2 is 1.57 bits per heavy atom. The third-order valence-electron chi connectivity index (χ3n) is 2.11. The van der Waals surface area contributed by atoms with Crippen molar-refractivity contribution in [3.63, 3.8) is 0 Å². The Hall–Kier alpha value is 0.0869. The summed E-state index contributed by atoms with van der Waals surface area (Å²) >= 11 is 2.36. The summed E-state index contributed by atoms with van der Waals surface area (Å²) < 4.78 is 11.6. The zero-order chi connectivity index (χ0) is 10.4. The highest BCUT2D eigenvalue weighted by Crippen LogP contribution is 2.09. The maximum atomic E-state index is 5.28. The zero-order valence-corrected chi connectivity index (χ0v) is 11.8. The smallest absolute Gasteiger partial charge is 0.325 e. The summed E-state index contributed by atoms with van der Waals surface area (Å²) in [6.45, 7) is 0. The molecule has 1 rings (SSSR count). The second-order valence-electron chi connectivity index (χ2n) is 3.06. The molecule has 0 saturated heterocycles. The molecule has 0 radical (unpaired) electrons. The van der Waals surface area contributed by atoms with Crippen molar-refractivity contribution in [3.8, 4) is 0 Å². The van der Waals surface area contributed by atoms with Gasteiger partial charge in [-0.1, -0.05) is 46.9 Å². The number of halogens is 1. The van der Waals surface area contributed by atoms with Gasteiger partial charge in [0.05, 0.1) is 0 Å². The molecule has 2 nitrogen and oxygen atoms in total. The first-order valence-corrected chi connectivity index (χ1v) is 7.78. The molecular weight excluding hydrogens is 307 g/mol. The van der Waals surface area contributed by atoms with Crippen molar-refractivity contribution < 1.29 is 8.85 Å². The molecular formula is C10H15IO2Si. The lowest BCUT2D eigenvalue weighted by Crippen LogP contribution is -2.22. The van der Waals surface area contributed by atoms with Gasteiger partial charge in [0.15, 0.2) is 0 Å². The summed E-state index contributed by atoms with van der Waals surface area (Å²) in [4.78, 5) is 0. The van der Waals surface area contributed by atoms with Crippen molar-refractivity contribution in [2.45, 2.75) is 10.5 Å². The predicted octanol–water partition coefficient (Wildman–Crippen LogP) is 2.22. The van der Waals surface area contributed by atoms with Gasteiger partial charge >= 0.3 is 9.28 Å². The van der Waals surface area contributed by atoms with Crippen LogP contribution in [-0.2, 0) is 19.3 Å². The van der Waals surface area contributed by atoms with Crippen LogP contribution in [0.25, 0.3) is 0 Å². The monoisotopic (exact) mass is 322 g/mol. The fourth-order valence-electron chi connectivity index (χ4n) is 1.22. The third kappa shape index (κ3) is 3.68. The molecule has 0 aromatic heterocycles. The summed E-state index contributed by atoms with van der Waals surface area (Å²) in [5.41, 5.74) is 2.67. The Morgan fingerprint density at radius 1 is 1.07 bits per heavy atom. The number of benzene rings is 1. The van der Waals surface area contributed by atoms with Crippen molar-refractivity contribution >= 4 is 31.9 Å². The van der Waals surface area contributed by atoms with E-state index in [0.717, 1.165) is 10.5 Å². The maximum Gasteiger partial charge on any atom is 0.325 e. The number of alkyl halides is 1. The molecule has 0 heterocycles. The average molecular weight is 322 g/mol. The van der Waals surface area contributed by atoms with Gasteiger partial charge in [-0.15, -0.1) is 0 Å². The fourth-order valence-corrected chi connectivity index (χ4v) is 2.91. The van der Waals surface area contributed by atoms with Crippen LogP contribution in [-0.4, -0.2) is 23.5 Å². The Labute approximate surface area is 101 Å². The first kappa shape index (κ1) is 12.2. The second-order valence-corrected chi connectivity index (χ2v) is 6.03. The zero-order valence-electron chi connectivity index (χ0n) is 8.50. The quantitative estimate of drug-likeness (QED) is 0.470. The van der Waals surface area contributed by atoms with Crippen molar-refractivity contribution in [2.24, 2.45) is 0 Å². The summed E-state index contributed by atoms with van der Waals surface area (Å²) in [6.07, 6.45) is 0. The van der Waals surface area contributed by atoms with Crippen molar-refractivity contribution in [1.29, 1.82) is 0 Å². The van der Waals surface area contributed by atoms with Gasteiger partial charge < -0.3 is 8.85 Å². The van der Waals surface area contributed by atoms with Crippen LogP contribution in [0.2, 0.25) is 0 Å². The first-order chi connectivity index (χ1) is 6.80. The molecule has 0 N–H and O–H groups in total. The first-order valence-electron chi connectivity index (χ1n) is 4.49. The molecule has 0 aliphatic rings.